The fourth-order valence-electron chi connectivity index (χ4n) is 4.47. The average Bonchev–Trinajstić information content (AvgIpc) is 2.84. The highest BCUT2D eigenvalue weighted by molar-refractivity contribution is 7.89. The van der Waals surface area contributed by atoms with E-state index in [2.05, 4.69) is 4.90 Å². The van der Waals surface area contributed by atoms with Crippen molar-refractivity contribution in [3.63, 3.8) is 0 Å². The smallest absolute Gasteiger partial charge is 0.368 e. The summed E-state index contributed by atoms with van der Waals surface area (Å²) in [6, 6.07) is 8.72. The number of hydrogen-bond acceptors (Lipinski definition) is 4. The van der Waals surface area contributed by atoms with Crippen molar-refractivity contribution in [1.82, 2.24) is 9.21 Å². The van der Waals surface area contributed by atoms with Crippen molar-refractivity contribution in [3.8, 4) is 0 Å². The maximum absolute atomic E-state index is 13.2. The Morgan fingerprint density at radius 2 is 1.51 bits per heavy atom. The second-order valence-corrected chi connectivity index (χ2v) is 11.0. The van der Waals surface area contributed by atoms with E-state index in [1.54, 1.807) is 17.0 Å². The minimum atomic E-state index is -4.78. The molecule has 2 saturated heterocycles. The first-order valence-electron chi connectivity index (χ1n) is 11.1. The van der Waals surface area contributed by atoms with E-state index >= 15 is 0 Å². The summed E-state index contributed by atoms with van der Waals surface area (Å²) in [7, 11) is -4.16. The number of amides is 1. The Morgan fingerprint density at radius 1 is 0.914 bits per heavy atom. The van der Waals surface area contributed by atoms with Gasteiger partial charge in [-0.25, -0.2) is 12.8 Å². The number of hydrogen-bond donors (Lipinski definition) is 0. The van der Waals surface area contributed by atoms with E-state index in [1.165, 1.54) is 12.1 Å². The van der Waals surface area contributed by atoms with Gasteiger partial charge in [-0.1, -0.05) is 11.6 Å². The molecule has 0 atom stereocenters. The molecular formula is C23H24ClF4N3O3S. The molecule has 0 bridgehead atoms. The monoisotopic (exact) mass is 533 g/mol. The molecule has 190 valence electrons. The van der Waals surface area contributed by atoms with Gasteiger partial charge >= 0.3 is 6.18 Å². The molecule has 0 spiro atoms. The standard InChI is InChI=1S/C23H24ClF4N3O3S/c24-21-6-5-19(15-20(21)23(26,27)28)35(33,34)31-9-7-16(8-10-31)22(32)30-13-11-29(12-14-30)18-3-1-17(25)2-4-18/h1-6,15-16H,7-14H2. The first-order valence-corrected chi connectivity index (χ1v) is 12.9. The van der Waals surface area contributed by atoms with Crippen molar-refractivity contribution in [3.05, 3.63) is 58.9 Å². The summed E-state index contributed by atoms with van der Waals surface area (Å²) >= 11 is 5.61. The number of piperidine rings is 1. The number of anilines is 1. The zero-order chi connectivity index (χ0) is 25.4. The summed E-state index contributed by atoms with van der Waals surface area (Å²) in [5.74, 6) is -0.714. The predicted molar refractivity (Wildman–Crippen MR) is 123 cm³/mol. The van der Waals surface area contributed by atoms with Crippen LogP contribution in [0.25, 0.3) is 0 Å². The van der Waals surface area contributed by atoms with E-state index in [-0.39, 0.29) is 43.6 Å². The molecule has 12 heteroatoms. The fraction of sp³-hybridized carbons (Fsp3) is 0.435. The van der Waals surface area contributed by atoms with Gasteiger partial charge in [0.25, 0.3) is 0 Å². The summed E-state index contributed by atoms with van der Waals surface area (Å²) in [5.41, 5.74) is -0.321. The topological polar surface area (TPSA) is 60.9 Å². The van der Waals surface area contributed by atoms with Gasteiger partial charge in [0.15, 0.2) is 0 Å². The predicted octanol–water partition coefficient (Wildman–Crippen LogP) is 4.25. The Labute approximate surface area is 206 Å². The van der Waals surface area contributed by atoms with E-state index in [1.807, 2.05) is 0 Å². The van der Waals surface area contributed by atoms with E-state index in [0.717, 1.165) is 22.1 Å². The normalized spacial score (nSPS) is 18.7. The zero-order valence-electron chi connectivity index (χ0n) is 18.6. The Hall–Kier alpha value is -2.37. The minimum absolute atomic E-state index is 0.0399. The highest BCUT2D eigenvalue weighted by atomic mass is 35.5. The van der Waals surface area contributed by atoms with Gasteiger partial charge in [-0.15, -0.1) is 0 Å². The number of alkyl halides is 3. The Bertz CT molecular complexity index is 1180. The van der Waals surface area contributed by atoms with Crippen molar-refractivity contribution in [1.29, 1.82) is 0 Å². The van der Waals surface area contributed by atoms with Crippen LogP contribution in [0.1, 0.15) is 18.4 Å². The van der Waals surface area contributed by atoms with Gasteiger partial charge in [0, 0.05) is 50.9 Å². The van der Waals surface area contributed by atoms with Crippen molar-refractivity contribution >= 4 is 33.2 Å². The van der Waals surface area contributed by atoms with Crippen LogP contribution in [-0.2, 0) is 21.0 Å². The summed E-state index contributed by atoms with van der Waals surface area (Å²) in [6.07, 6.45) is -4.20. The highest BCUT2D eigenvalue weighted by Crippen LogP contribution is 2.37. The third-order valence-corrected chi connectivity index (χ3v) is 8.69. The molecule has 4 rings (SSSR count). The highest BCUT2D eigenvalue weighted by Gasteiger charge is 2.38. The van der Waals surface area contributed by atoms with E-state index in [0.29, 0.717) is 32.2 Å². The first kappa shape index (κ1) is 25.7. The molecule has 2 aromatic rings. The number of sulfonamides is 1. The van der Waals surface area contributed by atoms with E-state index in [9.17, 15) is 30.8 Å². The van der Waals surface area contributed by atoms with Crippen molar-refractivity contribution < 1.29 is 30.8 Å². The van der Waals surface area contributed by atoms with Crippen LogP contribution in [-0.4, -0.2) is 62.8 Å². The summed E-state index contributed by atoms with van der Waals surface area (Å²) in [4.78, 5) is 16.4. The molecule has 2 fully saturated rings. The molecule has 2 heterocycles. The average molecular weight is 534 g/mol. The van der Waals surface area contributed by atoms with Gasteiger partial charge in [-0.2, -0.15) is 17.5 Å². The lowest BCUT2D eigenvalue weighted by Crippen LogP contribution is -2.52. The molecule has 0 saturated carbocycles. The van der Waals surface area contributed by atoms with Crippen LogP contribution in [0, 0.1) is 11.7 Å². The third kappa shape index (κ3) is 5.57. The van der Waals surface area contributed by atoms with Crippen molar-refractivity contribution in [2.24, 2.45) is 5.92 Å². The summed E-state index contributed by atoms with van der Waals surface area (Å²) < 4.78 is 79.6. The number of halogens is 5. The zero-order valence-corrected chi connectivity index (χ0v) is 20.2. The number of piperazine rings is 1. The third-order valence-electron chi connectivity index (χ3n) is 6.47. The molecule has 0 aliphatic carbocycles. The van der Waals surface area contributed by atoms with Gasteiger partial charge in [-0.3, -0.25) is 4.79 Å². The maximum Gasteiger partial charge on any atom is 0.417 e. The molecule has 6 nitrogen and oxygen atoms in total. The van der Waals surface area contributed by atoms with E-state index in [4.69, 9.17) is 11.6 Å². The molecule has 0 N–H and O–H groups in total. The van der Waals surface area contributed by atoms with Crippen LogP contribution in [0.5, 0.6) is 0 Å². The Balaban J connectivity index is 1.35. The molecule has 0 radical (unpaired) electrons. The quantitative estimate of drug-likeness (QED) is 0.551. The number of carbonyl (C=O) groups is 1. The largest absolute Gasteiger partial charge is 0.417 e. The molecule has 0 unspecified atom stereocenters. The maximum atomic E-state index is 13.2. The summed E-state index contributed by atoms with van der Waals surface area (Å²) in [5, 5.41) is -0.569. The molecule has 35 heavy (non-hydrogen) atoms. The first-order chi connectivity index (χ1) is 16.5. The number of benzene rings is 2. The van der Waals surface area contributed by atoms with Gasteiger partial charge in [0.1, 0.15) is 5.82 Å². The molecule has 2 aliphatic rings. The number of nitrogens with zero attached hydrogens (tertiary/aromatic N) is 3. The summed E-state index contributed by atoms with van der Waals surface area (Å²) in [6.45, 7) is 2.28. The van der Waals surface area contributed by atoms with Gasteiger partial charge < -0.3 is 9.80 Å². The number of rotatable bonds is 4. The molecule has 0 aromatic heterocycles. The van der Waals surface area contributed by atoms with Crippen molar-refractivity contribution in [2.45, 2.75) is 23.9 Å². The molecule has 2 aliphatic heterocycles. The lowest BCUT2D eigenvalue weighted by molar-refractivity contribution is -0.138. The Kier molecular flexibility index (Phi) is 7.31. The van der Waals surface area contributed by atoms with Gasteiger partial charge in [0.2, 0.25) is 15.9 Å². The van der Waals surface area contributed by atoms with Crippen LogP contribution < -0.4 is 4.90 Å². The second-order valence-electron chi connectivity index (χ2n) is 8.61. The second kappa shape index (κ2) is 9.94. The van der Waals surface area contributed by atoms with Crippen LogP contribution in [0.4, 0.5) is 23.2 Å². The lowest BCUT2D eigenvalue weighted by Gasteiger charge is -2.39. The van der Waals surface area contributed by atoms with Crippen molar-refractivity contribution in [2.75, 3.05) is 44.2 Å². The van der Waals surface area contributed by atoms with E-state index < -0.39 is 31.7 Å². The van der Waals surface area contributed by atoms with Gasteiger partial charge in [0.05, 0.1) is 15.5 Å². The van der Waals surface area contributed by atoms with Crippen LogP contribution >= 0.6 is 11.6 Å². The minimum Gasteiger partial charge on any atom is -0.368 e. The number of carbonyl (C=O) groups excluding carboxylic acids is 1. The molecule has 2 aromatic carbocycles. The molecule has 1 amide bonds. The Morgan fingerprint density at radius 3 is 2.09 bits per heavy atom. The molecular weight excluding hydrogens is 510 g/mol. The van der Waals surface area contributed by atoms with Gasteiger partial charge in [-0.05, 0) is 55.3 Å². The van der Waals surface area contributed by atoms with Crippen LogP contribution in [0.2, 0.25) is 5.02 Å². The SMILES string of the molecule is O=C(C1CCN(S(=O)(=O)c2ccc(Cl)c(C(F)(F)F)c2)CC1)N1CCN(c2ccc(F)cc2)CC1. The van der Waals surface area contributed by atoms with Crippen LogP contribution in [0.15, 0.2) is 47.4 Å². The van der Waals surface area contributed by atoms with Crippen LogP contribution in [0.3, 0.4) is 0 Å². The fourth-order valence-corrected chi connectivity index (χ4v) is 6.19. The lowest BCUT2D eigenvalue weighted by atomic mass is 9.96.